The van der Waals surface area contributed by atoms with Crippen molar-refractivity contribution in [2.24, 2.45) is 0 Å². The van der Waals surface area contributed by atoms with Crippen LogP contribution < -0.4 is 0 Å². The third-order valence-corrected chi connectivity index (χ3v) is 20.6. The van der Waals surface area contributed by atoms with Gasteiger partial charge in [0.1, 0.15) is 0 Å². The van der Waals surface area contributed by atoms with Crippen LogP contribution in [0.3, 0.4) is 0 Å². The Morgan fingerprint density at radius 3 is 0.902 bits per heavy atom. The van der Waals surface area contributed by atoms with Crippen molar-refractivity contribution < 1.29 is 0 Å². The Hall–Kier alpha value is -13.9. The lowest BCUT2D eigenvalue weighted by Crippen LogP contribution is -1.97. The summed E-state index contributed by atoms with van der Waals surface area (Å²) in [7, 11) is 0. The first-order valence-electron chi connectivity index (χ1n) is 34.6. The lowest BCUT2D eigenvalue weighted by atomic mass is 10.00. The van der Waals surface area contributed by atoms with Gasteiger partial charge in [0, 0.05) is 82.5 Å². The number of para-hydroxylation sites is 6. The van der Waals surface area contributed by atoms with E-state index in [4.69, 9.17) is 9.97 Å². The van der Waals surface area contributed by atoms with Gasteiger partial charge in [-0.05, 0) is 184 Å². The van der Waals surface area contributed by atoms with Gasteiger partial charge in [0.25, 0.3) is 0 Å². The quantitative estimate of drug-likeness (QED) is 0.130. The minimum Gasteiger partial charge on any atom is -0.309 e. The lowest BCUT2D eigenvalue weighted by Gasteiger charge is -2.13. The third kappa shape index (κ3) is 9.65. The second-order valence-electron chi connectivity index (χ2n) is 26.4. The van der Waals surface area contributed by atoms with Gasteiger partial charge in [-0.1, -0.05) is 218 Å². The Kier molecular flexibility index (Phi) is 13.5. The van der Waals surface area contributed by atoms with Crippen LogP contribution in [0.1, 0.15) is 5.56 Å². The molecule has 5 heterocycles. The van der Waals surface area contributed by atoms with Gasteiger partial charge in [-0.25, -0.2) is 9.97 Å². The van der Waals surface area contributed by atoms with Crippen molar-refractivity contribution in [3.63, 3.8) is 0 Å². The minimum absolute atomic E-state index is 0.617. The fraction of sp³-hybridized carbons (Fsp3) is 0. The van der Waals surface area contributed by atoms with E-state index in [1.807, 2.05) is 24.3 Å². The van der Waals surface area contributed by atoms with Crippen LogP contribution in [0.25, 0.3) is 188 Å². The summed E-state index contributed by atoms with van der Waals surface area (Å²) in [6, 6.07) is 131. The van der Waals surface area contributed by atoms with E-state index in [1.165, 1.54) is 87.4 Å². The van der Waals surface area contributed by atoms with Gasteiger partial charge >= 0.3 is 0 Å². The van der Waals surface area contributed by atoms with Crippen LogP contribution in [-0.4, -0.2) is 28.2 Å². The van der Waals surface area contributed by atoms with Crippen molar-refractivity contribution in [3.05, 3.63) is 363 Å². The largest absolute Gasteiger partial charge is 0.309 e. The molecule has 0 spiro atoms. The molecule has 0 N–H and O–H groups in total. The average molecular weight is 1300 g/mol. The standard InChI is InChI=1S/C95H59N7/c96-60-61-17-15-18-67(53-61)62-35-39-66(40-36-62)95-97-85(59-86(98-95)65-41-47-75(48-42-65)101-89-31-13-9-27-79(89)83-57-71(45-51-93(83)101)69-43-49-91-81(55-69)77-25-7-11-29-87(77)99(91)73-20-3-1-4-21-73)64-37-33-63(34-38-64)68-19-16-24-76(54-68)102-90-32-14-10-28-80(90)84-58-72(46-52-94(84)102)70-44-50-92-82(56-70)78-26-8-12-30-88(78)100(92)74-22-5-2-6-23-74/h1-59H. The highest BCUT2D eigenvalue weighted by Gasteiger charge is 2.21. The second-order valence-corrected chi connectivity index (χ2v) is 26.4. The predicted molar refractivity (Wildman–Crippen MR) is 422 cm³/mol. The van der Waals surface area contributed by atoms with Crippen molar-refractivity contribution >= 4 is 87.2 Å². The van der Waals surface area contributed by atoms with Crippen molar-refractivity contribution in [2.75, 3.05) is 0 Å². The van der Waals surface area contributed by atoms with Gasteiger partial charge in [0.2, 0.25) is 0 Å². The van der Waals surface area contributed by atoms with E-state index in [0.29, 0.717) is 11.4 Å². The van der Waals surface area contributed by atoms with E-state index in [2.05, 4.69) is 358 Å². The third-order valence-electron chi connectivity index (χ3n) is 20.6. The number of nitriles is 1. The van der Waals surface area contributed by atoms with Crippen LogP contribution in [0.4, 0.5) is 0 Å². The molecule has 102 heavy (non-hydrogen) atoms. The number of nitrogens with zero attached hydrogens (tertiary/aromatic N) is 7. The van der Waals surface area contributed by atoms with Crippen molar-refractivity contribution in [2.45, 2.75) is 0 Å². The SMILES string of the molecule is N#Cc1cccc(-c2ccc(-c3nc(-c4ccc(-c5cccc(-n6c7ccccc7c7cc(-c8ccc9c(c8)c8ccccc8n9-c8ccccc8)ccc76)c5)cc4)cc(-c4ccc(-n5c6ccccc6c6cc(-c7ccc8c(c7)c7ccccc7n8-c7ccccc7)ccc65)cc4)n3)cc2)c1. The summed E-state index contributed by atoms with van der Waals surface area (Å²) in [5, 5.41) is 19.5. The molecular formula is C95H59N7. The molecule has 0 radical (unpaired) electrons. The predicted octanol–water partition coefficient (Wildman–Crippen LogP) is 24.4. The Balaban J connectivity index is 0.636. The van der Waals surface area contributed by atoms with E-state index in [9.17, 15) is 5.26 Å². The monoisotopic (exact) mass is 1300 g/mol. The van der Waals surface area contributed by atoms with Gasteiger partial charge in [-0.15, -0.1) is 0 Å². The van der Waals surface area contributed by atoms with Crippen LogP contribution in [0.2, 0.25) is 0 Å². The first-order valence-corrected chi connectivity index (χ1v) is 34.6. The van der Waals surface area contributed by atoms with E-state index in [0.717, 1.165) is 95.1 Å². The molecule has 7 heteroatoms. The maximum absolute atomic E-state index is 9.72. The zero-order valence-corrected chi connectivity index (χ0v) is 55.2. The zero-order chi connectivity index (χ0) is 67.4. The highest BCUT2D eigenvalue weighted by atomic mass is 15.0. The molecule has 0 unspecified atom stereocenters. The number of rotatable bonds is 11. The Bertz CT molecular complexity index is 6780. The zero-order valence-electron chi connectivity index (χ0n) is 55.2. The molecule has 5 aromatic heterocycles. The molecule has 0 saturated carbocycles. The fourth-order valence-corrected chi connectivity index (χ4v) is 15.8. The maximum Gasteiger partial charge on any atom is 0.160 e. The molecule has 0 aliphatic heterocycles. The fourth-order valence-electron chi connectivity index (χ4n) is 15.8. The number of hydrogen-bond donors (Lipinski definition) is 0. The minimum atomic E-state index is 0.617. The topological polar surface area (TPSA) is 69.3 Å². The van der Waals surface area contributed by atoms with Gasteiger partial charge in [-0.3, -0.25) is 0 Å². The van der Waals surface area contributed by atoms with Crippen LogP contribution in [0.5, 0.6) is 0 Å². The molecule has 0 aliphatic carbocycles. The number of hydrogen-bond acceptors (Lipinski definition) is 3. The van der Waals surface area contributed by atoms with Gasteiger partial charge < -0.3 is 18.3 Å². The molecule has 0 aliphatic rings. The number of benzene rings is 15. The normalized spacial score (nSPS) is 11.7. The Labute approximate surface area is 587 Å². The molecular weight excluding hydrogens is 1240 g/mol. The van der Waals surface area contributed by atoms with Gasteiger partial charge in [0.15, 0.2) is 5.82 Å². The Morgan fingerprint density at radius 1 is 0.196 bits per heavy atom. The summed E-state index contributed by atoms with van der Waals surface area (Å²) in [6.07, 6.45) is 0. The summed E-state index contributed by atoms with van der Waals surface area (Å²) >= 11 is 0. The summed E-state index contributed by atoms with van der Waals surface area (Å²) in [4.78, 5) is 10.7. The molecule has 7 nitrogen and oxygen atoms in total. The van der Waals surface area contributed by atoms with Crippen molar-refractivity contribution in [1.82, 2.24) is 28.2 Å². The van der Waals surface area contributed by atoms with E-state index in [-0.39, 0.29) is 0 Å². The van der Waals surface area contributed by atoms with E-state index < -0.39 is 0 Å². The lowest BCUT2D eigenvalue weighted by molar-refractivity contribution is 1.17. The maximum atomic E-state index is 9.72. The van der Waals surface area contributed by atoms with Crippen LogP contribution in [0.15, 0.2) is 358 Å². The molecule has 15 aromatic carbocycles. The number of fused-ring (bicyclic) bond motifs is 12. The summed E-state index contributed by atoms with van der Waals surface area (Å²) in [5.74, 6) is 0.617. The van der Waals surface area contributed by atoms with Crippen LogP contribution in [0, 0.1) is 11.3 Å². The molecule has 0 bridgehead atoms. The first-order chi connectivity index (χ1) is 50.5. The van der Waals surface area contributed by atoms with Crippen molar-refractivity contribution in [3.8, 4) is 107 Å². The van der Waals surface area contributed by atoms with Crippen LogP contribution >= 0.6 is 0 Å². The van der Waals surface area contributed by atoms with Crippen LogP contribution in [-0.2, 0) is 0 Å². The van der Waals surface area contributed by atoms with Gasteiger partial charge in [0.05, 0.1) is 67.2 Å². The molecule has 0 saturated heterocycles. The molecule has 0 fully saturated rings. The second kappa shape index (κ2) is 23.7. The molecule has 474 valence electrons. The summed E-state index contributed by atoms with van der Waals surface area (Å²) in [6.45, 7) is 0. The molecule has 20 aromatic rings. The van der Waals surface area contributed by atoms with E-state index >= 15 is 0 Å². The van der Waals surface area contributed by atoms with E-state index in [1.54, 1.807) is 0 Å². The number of aromatic nitrogens is 6. The smallest absolute Gasteiger partial charge is 0.160 e. The first kappa shape index (κ1) is 58.2. The molecule has 0 atom stereocenters. The molecule has 0 amide bonds. The highest BCUT2D eigenvalue weighted by molar-refractivity contribution is 6.15. The Morgan fingerprint density at radius 2 is 0.490 bits per heavy atom. The highest BCUT2D eigenvalue weighted by Crippen LogP contribution is 2.43. The summed E-state index contributed by atoms with van der Waals surface area (Å²) in [5.41, 5.74) is 27.8. The van der Waals surface area contributed by atoms with Gasteiger partial charge in [-0.2, -0.15) is 5.26 Å². The van der Waals surface area contributed by atoms with Crippen molar-refractivity contribution in [1.29, 1.82) is 5.26 Å². The molecule has 20 rings (SSSR count). The summed E-state index contributed by atoms with van der Waals surface area (Å²) < 4.78 is 9.52. The average Bonchev–Trinajstić information content (AvgIpc) is 1.58.